The van der Waals surface area contributed by atoms with Gasteiger partial charge in [0.05, 0.1) is 6.61 Å². The van der Waals surface area contributed by atoms with Crippen LogP contribution >= 0.6 is 0 Å². The van der Waals surface area contributed by atoms with Crippen molar-refractivity contribution in [3.8, 4) is 0 Å². The zero-order chi connectivity index (χ0) is 12.4. The van der Waals surface area contributed by atoms with E-state index in [1.807, 2.05) is 20.0 Å². The molecule has 1 aromatic heterocycles. The smallest absolute Gasteiger partial charge is 0.158 e. The number of ether oxygens (including phenoxy) is 1. The summed E-state index contributed by atoms with van der Waals surface area (Å²) < 4.78 is 5.69. The number of nitrogens with zero attached hydrogens (tertiary/aromatic N) is 3. The number of morpholine rings is 1. The monoisotopic (exact) mass is 236 g/mol. The van der Waals surface area contributed by atoms with Gasteiger partial charge in [0, 0.05) is 36.6 Å². The lowest BCUT2D eigenvalue weighted by Gasteiger charge is -2.29. The molecule has 0 aliphatic carbocycles. The van der Waals surface area contributed by atoms with E-state index in [2.05, 4.69) is 21.9 Å². The number of nitrogens with two attached hydrogens (primary N) is 1. The van der Waals surface area contributed by atoms with Gasteiger partial charge in [-0.3, -0.25) is 0 Å². The molecule has 0 saturated carbocycles. The maximum Gasteiger partial charge on any atom is 0.158 e. The van der Waals surface area contributed by atoms with Crippen LogP contribution in [0.15, 0.2) is 6.20 Å². The summed E-state index contributed by atoms with van der Waals surface area (Å²) in [4.78, 5) is 11.1. The Kier molecular flexibility index (Phi) is 3.71. The summed E-state index contributed by atoms with van der Waals surface area (Å²) in [7, 11) is 2.08. The molecule has 5 heteroatoms. The van der Waals surface area contributed by atoms with Crippen LogP contribution in [0.5, 0.6) is 0 Å². The molecule has 94 valence electrons. The number of hydrogen-bond acceptors (Lipinski definition) is 5. The topological polar surface area (TPSA) is 64.3 Å². The summed E-state index contributed by atoms with van der Waals surface area (Å²) >= 11 is 0. The van der Waals surface area contributed by atoms with E-state index in [-0.39, 0.29) is 12.1 Å². The summed E-state index contributed by atoms with van der Waals surface area (Å²) in [6.07, 6.45) is 1.80. The molecular weight excluding hydrogens is 216 g/mol. The summed E-state index contributed by atoms with van der Waals surface area (Å²) in [5, 5.41) is 0. The molecule has 0 amide bonds. The molecule has 5 nitrogen and oxygen atoms in total. The normalized spacial score (nSPS) is 23.6. The lowest BCUT2D eigenvalue weighted by Crippen LogP contribution is -2.36. The van der Waals surface area contributed by atoms with Crippen LogP contribution in [0.1, 0.15) is 36.2 Å². The zero-order valence-corrected chi connectivity index (χ0v) is 10.7. The van der Waals surface area contributed by atoms with Crippen LogP contribution < -0.4 is 5.73 Å². The van der Waals surface area contributed by atoms with Crippen LogP contribution in [0.2, 0.25) is 0 Å². The van der Waals surface area contributed by atoms with Crippen LogP contribution in [0.3, 0.4) is 0 Å². The van der Waals surface area contributed by atoms with Crippen molar-refractivity contribution in [2.24, 2.45) is 5.73 Å². The van der Waals surface area contributed by atoms with Gasteiger partial charge in [0.25, 0.3) is 0 Å². The van der Waals surface area contributed by atoms with Crippen LogP contribution in [-0.2, 0) is 4.74 Å². The number of aromatic nitrogens is 2. The maximum atomic E-state index is 5.85. The highest BCUT2D eigenvalue weighted by Crippen LogP contribution is 2.20. The average molecular weight is 236 g/mol. The molecule has 2 unspecified atom stereocenters. The fourth-order valence-electron chi connectivity index (χ4n) is 2.03. The second-order valence-electron chi connectivity index (χ2n) is 4.68. The van der Waals surface area contributed by atoms with E-state index >= 15 is 0 Å². The van der Waals surface area contributed by atoms with Gasteiger partial charge >= 0.3 is 0 Å². The highest BCUT2D eigenvalue weighted by Gasteiger charge is 2.22. The second-order valence-corrected chi connectivity index (χ2v) is 4.68. The van der Waals surface area contributed by atoms with Crippen LogP contribution in [0, 0.1) is 6.92 Å². The third-order valence-corrected chi connectivity index (χ3v) is 3.08. The molecule has 1 fully saturated rings. The largest absolute Gasteiger partial charge is 0.368 e. The molecule has 0 aromatic carbocycles. The second kappa shape index (κ2) is 5.08. The van der Waals surface area contributed by atoms with Gasteiger partial charge in [-0.15, -0.1) is 0 Å². The Morgan fingerprint density at radius 2 is 2.35 bits per heavy atom. The van der Waals surface area contributed by atoms with Gasteiger partial charge in [0.2, 0.25) is 0 Å². The Morgan fingerprint density at radius 1 is 1.59 bits per heavy atom. The highest BCUT2D eigenvalue weighted by atomic mass is 16.5. The van der Waals surface area contributed by atoms with Gasteiger partial charge in [-0.05, 0) is 20.9 Å². The fourth-order valence-corrected chi connectivity index (χ4v) is 2.03. The molecule has 1 saturated heterocycles. The van der Waals surface area contributed by atoms with Gasteiger partial charge in [-0.1, -0.05) is 0 Å². The van der Waals surface area contributed by atoms with Crippen LogP contribution in [-0.4, -0.2) is 41.6 Å². The maximum absolute atomic E-state index is 5.85. The predicted octanol–water partition coefficient (Wildman–Crippen LogP) is 0.808. The quantitative estimate of drug-likeness (QED) is 0.823. The van der Waals surface area contributed by atoms with Crippen molar-refractivity contribution in [1.82, 2.24) is 14.9 Å². The number of likely N-dealkylation sites (N-methyl/N-ethyl adjacent to an activating group) is 1. The summed E-state index contributed by atoms with van der Waals surface area (Å²) in [6, 6.07) is -0.0287. The van der Waals surface area contributed by atoms with Gasteiger partial charge in [-0.25, -0.2) is 9.97 Å². The first kappa shape index (κ1) is 12.4. The Morgan fingerprint density at radius 3 is 2.94 bits per heavy atom. The van der Waals surface area contributed by atoms with E-state index in [9.17, 15) is 0 Å². The Labute approximate surface area is 102 Å². The standard InChI is InChI=1S/C12H20N4O/c1-8(13)10-6-14-12(15-9(10)2)11-7-16(3)4-5-17-11/h6,8,11H,4-5,7,13H2,1-3H3. The summed E-state index contributed by atoms with van der Waals surface area (Å²) in [5.74, 6) is 0.762. The first-order valence-corrected chi connectivity index (χ1v) is 5.97. The van der Waals surface area contributed by atoms with E-state index in [4.69, 9.17) is 10.5 Å². The number of hydrogen-bond donors (Lipinski definition) is 1. The van der Waals surface area contributed by atoms with Crippen molar-refractivity contribution in [1.29, 1.82) is 0 Å². The number of aryl methyl sites for hydroxylation is 1. The van der Waals surface area contributed by atoms with Crippen LogP contribution in [0.4, 0.5) is 0 Å². The minimum Gasteiger partial charge on any atom is -0.368 e. The molecule has 1 aliphatic rings. The van der Waals surface area contributed by atoms with E-state index in [0.717, 1.165) is 36.8 Å². The minimum absolute atomic E-state index is 0.0189. The van der Waals surface area contributed by atoms with Crippen molar-refractivity contribution >= 4 is 0 Å². The van der Waals surface area contributed by atoms with E-state index < -0.39 is 0 Å². The molecule has 0 spiro atoms. The van der Waals surface area contributed by atoms with Gasteiger partial charge < -0.3 is 15.4 Å². The highest BCUT2D eigenvalue weighted by molar-refractivity contribution is 5.20. The summed E-state index contributed by atoms with van der Waals surface area (Å²) in [5.41, 5.74) is 7.79. The molecule has 1 aliphatic heterocycles. The Bertz CT molecular complexity index is 394. The molecular formula is C12H20N4O. The van der Waals surface area contributed by atoms with E-state index in [0.29, 0.717) is 0 Å². The Hall–Kier alpha value is -1.04. The molecule has 0 bridgehead atoms. The number of rotatable bonds is 2. The predicted molar refractivity (Wildman–Crippen MR) is 65.6 cm³/mol. The van der Waals surface area contributed by atoms with Gasteiger partial charge in [0.15, 0.2) is 5.82 Å². The van der Waals surface area contributed by atoms with E-state index in [1.165, 1.54) is 0 Å². The van der Waals surface area contributed by atoms with Crippen molar-refractivity contribution in [3.63, 3.8) is 0 Å². The molecule has 2 rings (SSSR count). The molecule has 2 heterocycles. The molecule has 2 atom stereocenters. The molecule has 17 heavy (non-hydrogen) atoms. The third-order valence-electron chi connectivity index (χ3n) is 3.08. The van der Waals surface area contributed by atoms with Crippen molar-refractivity contribution < 1.29 is 4.74 Å². The first-order valence-electron chi connectivity index (χ1n) is 5.97. The van der Waals surface area contributed by atoms with Crippen LogP contribution in [0.25, 0.3) is 0 Å². The molecule has 1 aromatic rings. The van der Waals surface area contributed by atoms with Gasteiger partial charge in [-0.2, -0.15) is 0 Å². The SMILES string of the molecule is Cc1nc(C2CN(C)CCO2)ncc1C(C)N. The lowest BCUT2D eigenvalue weighted by atomic mass is 10.1. The summed E-state index contributed by atoms with van der Waals surface area (Å²) in [6.45, 7) is 6.45. The molecule has 2 N–H and O–H groups in total. The van der Waals surface area contributed by atoms with E-state index in [1.54, 1.807) is 0 Å². The fraction of sp³-hybridized carbons (Fsp3) is 0.667. The minimum atomic E-state index is -0.0287. The van der Waals surface area contributed by atoms with Gasteiger partial charge in [0.1, 0.15) is 6.10 Å². The van der Waals surface area contributed by atoms with Crippen molar-refractivity contribution in [2.45, 2.75) is 26.0 Å². The Balaban J connectivity index is 2.19. The van der Waals surface area contributed by atoms with Crippen molar-refractivity contribution in [3.05, 3.63) is 23.3 Å². The zero-order valence-electron chi connectivity index (χ0n) is 10.7. The average Bonchev–Trinajstić information content (AvgIpc) is 2.28. The lowest BCUT2D eigenvalue weighted by molar-refractivity contribution is -0.0256. The molecule has 0 radical (unpaired) electrons. The van der Waals surface area contributed by atoms with Crippen molar-refractivity contribution in [2.75, 3.05) is 26.7 Å². The first-order chi connectivity index (χ1) is 8.08. The third kappa shape index (κ3) is 2.80.